The van der Waals surface area contributed by atoms with Crippen LogP contribution < -0.4 is 0 Å². The maximum atomic E-state index is 13.6. The number of esters is 2. The molecule has 0 bridgehead atoms. The van der Waals surface area contributed by atoms with Crippen molar-refractivity contribution in [2.24, 2.45) is 22.7 Å². The molecule has 6 nitrogen and oxygen atoms in total. The molecule has 3 rings (SSSR count). The molecule has 6 heteroatoms. The molecule has 4 atom stereocenters. The number of hydrogen-bond donors (Lipinski definition) is 0. The van der Waals surface area contributed by atoms with E-state index in [9.17, 15) is 14.4 Å². The normalized spacial score (nSPS) is 26.2. The van der Waals surface area contributed by atoms with Gasteiger partial charge in [-0.25, -0.2) is 4.79 Å². The third kappa shape index (κ3) is 3.83. The molecule has 0 radical (unpaired) electrons. The van der Waals surface area contributed by atoms with E-state index in [1.54, 1.807) is 20.8 Å². The Morgan fingerprint density at radius 1 is 1.13 bits per heavy atom. The molecule has 2 aliphatic rings. The molecule has 1 aromatic carbocycles. The van der Waals surface area contributed by atoms with Crippen molar-refractivity contribution >= 4 is 23.4 Å². The number of carbonyl (C=O) groups is 3. The molecule has 1 aliphatic carbocycles. The molecule has 0 aromatic heterocycles. The molecule has 30 heavy (non-hydrogen) atoms. The average Bonchev–Trinajstić information content (AvgIpc) is 2.66. The number of benzene rings is 1. The van der Waals surface area contributed by atoms with E-state index in [4.69, 9.17) is 9.47 Å². The van der Waals surface area contributed by atoms with Gasteiger partial charge in [-0.3, -0.25) is 14.6 Å². The van der Waals surface area contributed by atoms with Crippen LogP contribution >= 0.6 is 0 Å². The number of fused-ring (bicyclic) bond motifs is 1. The quantitative estimate of drug-likeness (QED) is 0.556. The fraction of sp³-hybridized carbons (Fsp3) is 0.500. The number of hydrogen-bond acceptors (Lipinski definition) is 6. The summed E-state index contributed by atoms with van der Waals surface area (Å²) in [5.74, 6) is -3.56. The van der Waals surface area contributed by atoms with E-state index in [-0.39, 0.29) is 17.8 Å². The van der Waals surface area contributed by atoms with Crippen molar-refractivity contribution in [2.75, 3.05) is 7.11 Å². The van der Waals surface area contributed by atoms with E-state index in [1.807, 2.05) is 38.1 Å². The smallest absolute Gasteiger partial charge is 0.336 e. The van der Waals surface area contributed by atoms with Gasteiger partial charge in [-0.2, -0.15) is 0 Å². The van der Waals surface area contributed by atoms with Gasteiger partial charge in [0, 0.05) is 17.3 Å². The first-order valence-electron chi connectivity index (χ1n) is 10.3. The minimum absolute atomic E-state index is 0.213. The zero-order valence-electron chi connectivity index (χ0n) is 18.4. The molecule has 1 aromatic rings. The number of Topliss-reactive ketones (excluding diaryl/α,β-unsaturated/α-hetero) is 1. The lowest BCUT2D eigenvalue weighted by molar-refractivity contribution is -0.152. The van der Waals surface area contributed by atoms with Crippen LogP contribution in [0.1, 0.15) is 51.2 Å². The van der Waals surface area contributed by atoms with Crippen LogP contribution in [0.3, 0.4) is 0 Å². The maximum Gasteiger partial charge on any atom is 0.336 e. The summed E-state index contributed by atoms with van der Waals surface area (Å²) in [4.78, 5) is 43.8. The second kappa shape index (κ2) is 8.54. The summed E-state index contributed by atoms with van der Waals surface area (Å²) < 4.78 is 10.4. The molecule has 1 fully saturated rings. The molecule has 160 valence electrons. The first kappa shape index (κ1) is 21.9. The van der Waals surface area contributed by atoms with Crippen LogP contribution in [0.2, 0.25) is 0 Å². The largest absolute Gasteiger partial charge is 0.468 e. The Kier molecular flexibility index (Phi) is 6.25. The van der Waals surface area contributed by atoms with Crippen molar-refractivity contribution in [1.82, 2.24) is 0 Å². The summed E-state index contributed by atoms with van der Waals surface area (Å²) in [6, 6.07) is 7.69. The van der Waals surface area contributed by atoms with E-state index in [0.717, 1.165) is 16.8 Å². The molecule has 1 saturated carbocycles. The fourth-order valence-corrected chi connectivity index (χ4v) is 4.65. The van der Waals surface area contributed by atoms with Crippen LogP contribution in [0.25, 0.3) is 0 Å². The van der Waals surface area contributed by atoms with Gasteiger partial charge < -0.3 is 9.47 Å². The molecular formula is C24H29NO5. The number of allylic oxidation sites excluding steroid dienone is 1. The van der Waals surface area contributed by atoms with Crippen LogP contribution in [0.15, 0.2) is 40.5 Å². The highest BCUT2D eigenvalue weighted by atomic mass is 16.5. The van der Waals surface area contributed by atoms with Crippen molar-refractivity contribution in [1.29, 1.82) is 0 Å². The van der Waals surface area contributed by atoms with Gasteiger partial charge in [0.05, 0.1) is 24.7 Å². The van der Waals surface area contributed by atoms with E-state index < -0.39 is 29.7 Å². The second-order valence-corrected chi connectivity index (χ2v) is 8.45. The number of methoxy groups -OCH3 is 1. The monoisotopic (exact) mass is 411 g/mol. The van der Waals surface area contributed by atoms with Gasteiger partial charge in [-0.1, -0.05) is 31.2 Å². The van der Waals surface area contributed by atoms with Gasteiger partial charge in [0.15, 0.2) is 5.78 Å². The minimum Gasteiger partial charge on any atom is -0.468 e. The first-order chi connectivity index (χ1) is 14.2. The number of aryl methyl sites for hydroxylation is 1. The SMILES string of the molecule is COC(=O)[C@@H]1C(=O)C2C(=NC(C)=C(C(=O)OC(C)C)[C@@H]2c2ccccc2C)C[C@@H]1C. The Bertz CT molecular complexity index is 943. The minimum atomic E-state index is -0.869. The Balaban J connectivity index is 2.20. The fourth-order valence-electron chi connectivity index (χ4n) is 4.65. The van der Waals surface area contributed by atoms with E-state index in [1.165, 1.54) is 7.11 Å². The molecular weight excluding hydrogens is 382 g/mol. The van der Waals surface area contributed by atoms with E-state index >= 15 is 0 Å². The molecule has 0 saturated heterocycles. The van der Waals surface area contributed by atoms with Crippen LogP contribution in [0, 0.1) is 24.7 Å². The lowest BCUT2D eigenvalue weighted by atomic mass is 9.63. The molecule has 1 heterocycles. The molecule has 0 spiro atoms. The zero-order chi connectivity index (χ0) is 22.2. The first-order valence-corrected chi connectivity index (χ1v) is 10.3. The number of aliphatic imine (C=N–C) groups is 1. The van der Waals surface area contributed by atoms with Crippen molar-refractivity contribution < 1.29 is 23.9 Å². The summed E-state index contributed by atoms with van der Waals surface area (Å²) in [7, 11) is 1.29. The number of ether oxygens (including phenoxy) is 2. The number of nitrogens with zero attached hydrogens (tertiary/aromatic N) is 1. The van der Waals surface area contributed by atoms with Gasteiger partial charge in [-0.05, 0) is 51.2 Å². The van der Waals surface area contributed by atoms with E-state index in [0.29, 0.717) is 17.7 Å². The second-order valence-electron chi connectivity index (χ2n) is 8.45. The summed E-state index contributed by atoms with van der Waals surface area (Å²) in [6.45, 7) is 9.17. The third-order valence-corrected chi connectivity index (χ3v) is 5.96. The maximum absolute atomic E-state index is 13.6. The lowest BCUT2D eigenvalue weighted by Crippen LogP contribution is -2.49. The molecule has 1 aliphatic heterocycles. The van der Waals surface area contributed by atoms with Gasteiger partial charge in [-0.15, -0.1) is 0 Å². The van der Waals surface area contributed by atoms with Gasteiger partial charge in [0.25, 0.3) is 0 Å². The van der Waals surface area contributed by atoms with Crippen molar-refractivity contribution in [3.05, 3.63) is 46.7 Å². The number of rotatable bonds is 4. The van der Waals surface area contributed by atoms with Gasteiger partial charge >= 0.3 is 11.9 Å². The summed E-state index contributed by atoms with van der Waals surface area (Å²) in [5.41, 5.74) is 3.51. The topological polar surface area (TPSA) is 82.0 Å². The van der Waals surface area contributed by atoms with E-state index in [2.05, 4.69) is 4.99 Å². The molecule has 1 unspecified atom stereocenters. The summed E-state index contributed by atoms with van der Waals surface area (Å²) >= 11 is 0. The Hall–Kier alpha value is -2.76. The number of ketones is 1. The standard InChI is InChI=1S/C24H29NO5/c1-12(2)30-24(28)19-15(5)25-17-11-14(4)18(23(27)29-6)22(26)21(17)20(19)16-10-8-7-9-13(16)3/h7-10,12,14,18,20-21H,11H2,1-6H3/t14-,18-,20-,21?/m0/s1. The predicted molar refractivity (Wildman–Crippen MR) is 113 cm³/mol. The Labute approximate surface area is 177 Å². The van der Waals surface area contributed by atoms with Crippen molar-refractivity contribution in [3.8, 4) is 0 Å². The van der Waals surface area contributed by atoms with Crippen LogP contribution in [-0.2, 0) is 23.9 Å². The average molecular weight is 411 g/mol. The van der Waals surface area contributed by atoms with Crippen LogP contribution in [-0.4, -0.2) is 36.6 Å². The summed E-state index contributed by atoms with van der Waals surface area (Å²) in [6.07, 6.45) is 0.202. The highest BCUT2D eigenvalue weighted by Gasteiger charge is 2.51. The number of carbonyl (C=O) groups excluding carboxylic acids is 3. The third-order valence-electron chi connectivity index (χ3n) is 5.96. The van der Waals surface area contributed by atoms with Crippen LogP contribution in [0.5, 0.6) is 0 Å². The zero-order valence-corrected chi connectivity index (χ0v) is 18.4. The summed E-state index contributed by atoms with van der Waals surface area (Å²) in [5, 5.41) is 0. The molecule has 0 amide bonds. The predicted octanol–water partition coefficient (Wildman–Crippen LogP) is 3.77. The van der Waals surface area contributed by atoms with Crippen molar-refractivity contribution in [3.63, 3.8) is 0 Å². The molecule has 0 N–H and O–H groups in total. The Morgan fingerprint density at radius 2 is 1.80 bits per heavy atom. The van der Waals surface area contributed by atoms with Crippen LogP contribution in [0.4, 0.5) is 0 Å². The van der Waals surface area contributed by atoms with Gasteiger partial charge in [0.2, 0.25) is 0 Å². The highest BCUT2D eigenvalue weighted by Crippen LogP contribution is 2.46. The van der Waals surface area contributed by atoms with Gasteiger partial charge in [0.1, 0.15) is 5.92 Å². The van der Waals surface area contributed by atoms with Crippen molar-refractivity contribution in [2.45, 2.75) is 53.1 Å². The highest BCUT2D eigenvalue weighted by molar-refractivity contribution is 6.17. The Morgan fingerprint density at radius 3 is 2.40 bits per heavy atom. The lowest BCUT2D eigenvalue weighted by Gasteiger charge is -2.40.